The molecule has 1 aliphatic heterocycles. The van der Waals surface area contributed by atoms with E-state index in [0.717, 1.165) is 22.4 Å². The monoisotopic (exact) mass is 446 g/mol. The maximum atomic E-state index is 13.7. The number of phenolic OH excluding ortho intramolecular Hbond substituents is 1. The normalized spacial score (nSPS) is 16.4. The van der Waals surface area contributed by atoms with Gasteiger partial charge in [0.15, 0.2) is 0 Å². The molecule has 4 nitrogen and oxygen atoms in total. The van der Waals surface area contributed by atoms with Crippen molar-refractivity contribution in [2.75, 3.05) is 10.2 Å². The van der Waals surface area contributed by atoms with Gasteiger partial charge in [-0.05, 0) is 76.1 Å². The number of nitrogens with one attached hydrogen (secondary N) is 1. The summed E-state index contributed by atoms with van der Waals surface area (Å²) in [7, 11) is 0. The number of fused-ring (bicyclic) bond motifs is 1. The fourth-order valence-corrected chi connectivity index (χ4v) is 4.31. The average Bonchev–Trinajstić information content (AvgIpc) is 2.73. The molecule has 0 spiro atoms. The van der Waals surface area contributed by atoms with Crippen LogP contribution >= 0.6 is 0 Å². The van der Waals surface area contributed by atoms with Crippen molar-refractivity contribution in [3.05, 3.63) is 88.7 Å². The molecule has 0 fully saturated rings. The minimum absolute atomic E-state index is 0.163. The number of aromatic hydroxyl groups is 1. The minimum Gasteiger partial charge on any atom is -0.507 e. The predicted molar refractivity (Wildman–Crippen MR) is 132 cm³/mol. The molecule has 1 unspecified atom stereocenters. The number of halogens is 1. The van der Waals surface area contributed by atoms with Crippen molar-refractivity contribution in [1.82, 2.24) is 0 Å². The number of carbonyl (C=O) groups excluding carboxylic acids is 1. The van der Waals surface area contributed by atoms with Crippen LogP contribution in [0.2, 0.25) is 0 Å². The first-order valence-electron chi connectivity index (χ1n) is 11.2. The van der Waals surface area contributed by atoms with Crippen molar-refractivity contribution in [1.29, 1.82) is 0 Å². The van der Waals surface area contributed by atoms with Gasteiger partial charge in [-0.25, -0.2) is 4.39 Å². The Labute approximate surface area is 195 Å². The van der Waals surface area contributed by atoms with Gasteiger partial charge in [0, 0.05) is 11.4 Å². The first-order chi connectivity index (χ1) is 15.4. The fraction of sp³-hybridized carbons (Fsp3) is 0.321. The Kier molecular flexibility index (Phi) is 5.47. The van der Waals surface area contributed by atoms with Crippen molar-refractivity contribution in [3.8, 4) is 5.75 Å². The van der Waals surface area contributed by atoms with E-state index >= 15 is 0 Å². The lowest BCUT2D eigenvalue weighted by Crippen LogP contribution is -2.43. The molecule has 0 saturated heterocycles. The summed E-state index contributed by atoms with van der Waals surface area (Å²) in [5.41, 5.74) is 3.77. The third-order valence-corrected chi connectivity index (χ3v) is 6.10. The number of hydrogen-bond acceptors (Lipinski definition) is 3. The molecule has 0 aromatic heterocycles. The van der Waals surface area contributed by atoms with Crippen LogP contribution in [0.25, 0.3) is 0 Å². The fourth-order valence-electron chi connectivity index (χ4n) is 4.31. The number of phenols is 1. The van der Waals surface area contributed by atoms with Gasteiger partial charge < -0.3 is 10.4 Å². The molecule has 1 amide bonds. The first-order valence-corrected chi connectivity index (χ1v) is 11.2. The van der Waals surface area contributed by atoms with Gasteiger partial charge in [-0.15, -0.1) is 0 Å². The molecule has 0 radical (unpaired) electrons. The Morgan fingerprint density at radius 3 is 1.97 bits per heavy atom. The number of benzene rings is 3. The molecule has 3 aromatic rings. The van der Waals surface area contributed by atoms with E-state index in [1.54, 1.807) is 23.1 Å². The van der Waals surface area contributed by atoms with E-state index in [0.29, 0.717) is 11.3 Å². The molecular formula is C28H31FN2O2. The van der Waals surface area contributed by atoms with Crippen LogP contribution in [0.15, 0.2) is 60.7 Å². The lowest BCUT2D eigenvalue weighted by atomic mass is 9.78. The van der Waals surface area contributed by atoms with Gasteiger partial charge in [0.05, 0.1) is 5.56 Å². The quantitative estimate of drug-likeness (QED) is 0.450. The number of anilines is 2. The van der Waals surface area contributed by atoms with E-state index in [4.69, 9.17) is 0 Å². The summed E-state index contributed by atoms with van der Waals surface area (Å²) in [4.78, 5) is 15.3. The summed E-state index contributed by atoms with van der Waals surface area (Å²) in [5, 5.41) is 14.7. The molecular weight excluding hydrogens is 415 g/mol. The second-order valence-electron chi connectivity index (χ2n) is 10.7. The molecule has 4 rings (SSSR count). The zero-order valence-corrected chi connectivity index (χ0v) is 20.0. The van der Waals surface area contributed by atoms with Crippen LogP contribution in [-0.2, 0) is 10.8 Å². The summed E-state index contributed by atoms with van der Waals surface area (Å²) in [6.07, 6.45) is -0.527. The lowest BCUT2D eigenvalue weighted by molar-refractivity contribution is 0.0975. The van der Waals surface area contributed by atoms with Crippen LogP contribution in [0, 0.1) is 5.82 Å². The Morgan fingerprint density at radius 1 is 0.879 bits per heavy atom. The van der Waals surface area contributed by atoms with E-state index < -0.39 is 6.17 Å². The highest BCUT2D eigenvalue weighted by Crippen LogP contribution is 2.44. The maximum Gasteiger partial charge on any atom is 0.262 e. The Hall–Kier alpha value is -3.34. The molecule has 0 saturated carbocycles. The third kappa shape index (κ3) is 4.20. The van der Waals surface area contributed by atoms with Crippen LogP contribution in [0.1, 0.15) is 74.8 Å². The van der Waals surface area contributed by atoms with Crippen molar-refractivity contribution < 1.29 is 14.3 Å². The van der Waals surface area contributed by atoms with Crippen LogP contribution < -0.4 is 10.2 Å². The molecule has 2 N–H and O–H groups in total. The lowest BCUT2D eigenvalue weighted by Gasteiger charge is -2.39. The largest absolute Gasteiger partial charge is 0.507 e. The molecule has 0 aliphatic carbocycles. The average molecular weight is 447 g/mol. The first kappa shape index (κ1) is 22.8. The van der Waals surface area contributed by atoms with E-state index in [1.165, 1.54) is 12.1 Å². The second kappa shape index (κ2) is 7.91. The van der Waals surface area contributed by atoms with Gasteiger partial charge in [0.1, 0.15) is 17.7 Å². The van der Waals surface area contributed by atoms with Crippen molar-refractivity contribution >= 4 is 17.3 Å². The highest BCUT2D eigenvalue weighted by molar-refractivity contribution is 6.12. The van der Waals surface area contributed by atoms with Crippen LogP contribution in [0.3, 0.4) is 0 Å². The smallest absolute Gasteiger partial charge is 0.262 e. The summed E-state index contributed by atoms with van der Waals surface area (Å²) in [5.74, 6) is -0.235. The SMILES string of the molecule is CC(C)(C)c1cc(C2Nc3ccccc3C(=O)N2c2ccc(F)cc2)cc(C(C)(C)C)c1O. The number of amides is 1. The van der Waals surface area contributed by atoms with E-state index in [-0.39, 0.29) is 28.3 Å². The van der Waals surface area contributed by atoms with Crippen LogP contribution in [0.4, 0.5) is 15.8 Å². The zero-order chi connectivity index (χ0) is 24.1. The third-order valence-electron chi connectivity index (χ3n) is 6.10. The molecule has 33 heavy (non-hydrogen) atoms. The van der Waals surface area contributed by atoms with Crippen molar-refractivity contribution in [3.63, 3.8) is 0 Å². The molecule has 5 heteroatoms. The summed E-state index contributed by atoms with van der Waals surface area (Å²) >= 11 is 0. The predicted octanol–water partition coefficient (Wildman–Crippen LogP) is 6.90. The van der Waals surface area contributed by atoms with Gasteiger partial charge in [-0.2, -0.15) is 0 Å². The summed E-state index contributed by atoms with van der Waals surface area (Å²) in [6.45, 7) is 12.4. The number of para-hydroxylation sites is 1. The minimum atomic E-state index is -0.527. The van der Waals surface area contributed by atoms with E-state index in [1.807, 2.05) is 30.3 Å². The Bertz CT molecular complexity index is 1170. The van der Waals surface area contributed by atoms with E-state index in [9.17, 15) is 14.3 Å². The number of hydrogen-bond donors (Lipinski definition) is 2. The van der Waals surface area contributed by atoms with Crippen LogP contribution in [0.5, 0.6) is 5.75 Å². The number of carbonyl (C=O) groups is 1. The van der Waals surface area contributed by atoms with Crippen LogP contribution in [-0.4, -0.2) is 11.0 Å². The molecule has 1 heterocycles. The molecule has 0 bridgehead atoms. The molecule has 1 aliphatic rings. The van der Waals surface area contributed by atoms with Gasteiger partial charge in [-0.3, -0.25) is 9.69 Å². The van der Waals surface area contributed by atoms with Crippen molar-refractivity contribution in [2.45, 2.75) is 58.5 Å². The summed E-state index contributed by atoms with van der Waals surface area (Å²) < 4.78 is 13.7. The Balaban J connectivity index is 1.97. The topological polar surface area (TPSA) is 52.6 Å². The number of nitrogens with zero attached hydrogens (tertiary/aromatic N) is 1. The highest BCUT2D eigenvalue weighted by atomic mass is 19.1. The van der Waals surface area contributed by atoms with Gasteiger partial charge in [-0.1, -0.05) is 53.7 Å². The molecule has 172 valence electrons. The number of rotatable bonds is 2. The highest BCUT2D eigenvalue weighted by Gasteiger charge is 2.36. The summed E-state index contributed by atoms with van der Waals surface area (Å²) in [6, 6.07) is 17.3. The van der Waals surface area contributed by atoms with Gasteiger partial charge in [0.2, 0.25) is 0 Å². The van der Waals surface area contributed by atoms with Gasteiger partial charge in [0.25, 0.3) is 5.91 Å². The molecule has 3 aromatic carbocycles. The maximum absolute atomic E-state index is 13.7. The van der Waals surface area contributed by atoms with E-state index in [2.05, 4.69) is 46.9 Å². The second-order valence-corrected chi connectivity index (χ2v) is 10.7. The van der Waals surface area contributed by atoms with Crippen molar-refractivity contribution in [2.24, 2.45) is 0 Å². The molecule has 1 atom stereocenters. The standard InChI is InChI=1S/C28H31FN2O2/c1-27(2,3)21-15-17(16-22(24(21)32)28(4,5)6)25-30-23-10-8-7-9-20(23)26(33)31(25)19-13-11-18(29)12-14-19/h7-16,25,30,32H,1-6H3. The Morgan fingerprint density at radius 2 is 1.42 bits per heavy atom. The van der Waals surface area contributed by atoms with Gasteiger partial charge >= 0.3 is 0 Å². The zero-order valence-electron chi connectivity index (χ0n) is 20.0.